The summed E-state index contributed by atoms with van der Waals surface area (Å²) in [5.74, 6) is 0.225. The molecule has 0 atom stereocenters. The lowest BCUT2D eigenvalue weighted by molar-refractivity contribution is -0.120. The minimum atomic E-state index is -3.93. The molecule has 10 nitrogen and oxygen atoms in total. The van der Waals surface area contributed by atoms with E-state index >= 15 is 0 Å². The van der Waals surface area contributed by atoms with Gasteiger partial charge in [-0.15, -0.1) is 11.8 Å². The molecule has 1 saturated heterocycles. The number of carbonyl (C=O) groups excluding carboxylic acids is 1. The topological polar surface area (TPSA) is 131 Å². The summed E-state index contributed by atoms with van der Waals surface area (Å²) in [5, 5.41) is 2.81. The van der Waals surface area contributed by atoms with Crippen molar-refractivity contribution in [2.45, 2.75) is 27.5 Å². The SMILES string of the molecule is COc1ccc(NS(=O)(=O)c2ccc(NC(=O)C3CCN(S(=O)(=O)c4ccc(SC)cc4)CC3)cc2)c(OC)c1. The number of rotatable bonds is 10. The fraction of sp³-hybridized carbons (Fsp3) is 0.296. The summed E-state index contributed by atoms with van der Waals surface area (Å²) in [5.41, 5.74) is 0.695. The van der Waals surface area contributed by atoms with Crippen LogP contribution in [0.3, 0.4) is 0 Å². The molecule has 1 heterocycles. The summed E-state index contributed by atoms with van der Waals surface area (Å²) in [6.45, 7) is 0.477. The summed E-state index contributed by atoms with van der Waals surface area (Å²) < 4.78 is 66.1. The van der Waals surface area contributed by atoms with E-state index in [4.69, 9.17) is 9.47 Å². The Morgan fingerprint density at radius 2 is 1.50 bits per heavy atom. The number of nitrogens with one attached hydrogen (secondary N) is 2. The van der Waals surface area contributed by atoms with Gasteiger partial charge in [-0.1, -0.05) is 0 Å². The number of sulfonamides is 2. The highest BCUT2D eigenvalue weighted by Crippen LogP contribution is 2.31. The van der Waals surface area contributed by atoms with Crippen LogP contribution < -0.4 is 19.5 Å². The van der Waals surface area contributed by atoms with Gasteiger partial charge < -0.3 is 14.8 Å². The molecule has 0 spiro atoms. The van der Waals surface area contributed by atoms with E-state index in [9.17, 15) is 21.6 Å². The third-order valence-corrected chi connectivity index (χ3v) is 10.6. The van der Waals surface area contributed by atoms with E-state index in [0.29, 0.717) is 30.0 Å². The summed E-state index contributed by atoms with van der Waals surface area (Å²) in [6.07, 6.45) is 2.69. The van der Waals surface area contributed by atoms with Crippen LogP contribution in [0, 0.1) is 5.92 Å². The van der Waals surface area contributed by atoms with Gasteiger partial charge in [0.1, 0.15) is 11.5 Å². The van der Waals surface area contributed by atoms with E-state index in [2.05, 4.69) is 10.0 Å². The number of nitrogens with zero attached hydrogens (tertiary/aromatic N) is 1. The number of methoxy groups -OCH3 is 2. The summed E-state index contributed by atoms with van der Waals surface area (Å²) in [4.78, 5) is 14.1. The molecule has 0 aromatic heterocycles. The third-order valence-electron chi connectivity index (χ3n) is 6.61. The van der Waals surface area contributed by atoms with Crippen LogP contribution in [0.1, 0.15) is 12.8 Å². The molecule has 4 rings (SSSR count). The third kappa shape index (κ3) is 6.72. The van der Waals surface area contributed by atoms with E-state index in [1.54, 1.807) is 42.5 Å². The largest absolute Gasteiger partial charge is 0.497 e. The second kappa shape index (κ2) is 12.5. The van der Waals surface area contributed by atoms with Crippen LogP contribution in [-0.2, 0) is 24.8 Å². The van der Waals surface area contributed by atoms with Crippen molar-refractivity contribution in [3.63, 3.8) is 0 Å². The fourth-order valence-corrected chi connectivity index (χ4v) is 7.25. The predicted molar refractivity (Wildman–Crippen MR) is 155 cm³/mol. The van der Waals surface area contributed by atoms with Crippen molar-refractivity contribution in [1.82, 2.24) is 4.31 Å². The second-order valence-electron chi connectivity index (χ2n) is 9.04. The molecule has 0 radical (unpaired) electrons. The van der Waals surface area contributed by atoms with Crippen molar-refractivity contribution < 1.29 is 31.1 Å². The maximum atomic E-state index is 13.0. The highest BCUT2D eigenvalue weighted by molar-refractivity contribution is 7.98. The number of amides is 1. The molecule has 1 amide bonds. The standard InChI is InChI=1S/C27H31N3O7S3/c1-36-21-6-13-25(26(18-21)37-2)29-39(32,33)23-9-4-20(5-10-23)28-27(31)19-14-16-30(17-15-19)40(34,35)24-11-7-22(38-3)8-12-24/h4-13,18-19,29H,14-17H2,1-3H3,(H,28,31). The van der Waals surface area contributed by atoms with Gasteiger partial charge in [-0.3, -0.25) is 9.52 Å². The lowest BCUT2D eigenvalue weighted by Crippen LogP contribution is -2.41. The highest BCUT2D eigenvalue weighted by atomic mass is 32.2. The van der Waals surface area contributed by atoms with Gasteiger partial charge in [0.25, 0.3) is 10.0 Å². The van der Waals surface area contributed by atoms with Gasteiger partial charge in [0.2, 0.25) is 15.9 Å². The molecule has 0 saturated carbocycles. The fourth-order valence-electron chi connectivity index (χ4n) is 4.30. The number of ether oxygens (including phenoxy) is 2. The van der Waals surface area contributed by atoms with Crippen LogP contribution >= 0.6 is 11.8 Å². The van der Waals surface area contributed by atoms with Crippen LogP contribution in [-0.4, -0.2) is 60.6 Å². The van der Waals surface area contributed by atoms with Crippen molar-refractivity contribution in [2.75, 3.05) is 43.6 Å². The molecule has 2 N–H and O–H groups in total. The zero-order valence-corrected chi connectivity index (χ0v) is 24.7. The molecule has 3 aromatic rings. The Balaban J connectivity index is 1.35. The van der Waals surface area contributed by atoms with Crippen LogP contribution in [0.5, 0.6) is 11.5 Å². The molecule has 1 fully saturated rings. The molecule has 0 bridgehead atoms. The van der Waals surface area contributed by atoms with Gasteiger partial charge >= 0.3 is 0 Å². The average Bonchev–Trinajstić information content (AvgIpc) is 2.97. The molecule has 0 aliphatic carbocycles. The quantitative estimate of drug-likeness (QED) is 0.328. The molecule has 13 heteroatoms. The smallest absolute Gasteiger partial charge is 0.262 e. The Hall–Kier alpha value is -3.26. The number of piperidine rings is 1. The molecule has 40 heavy (non-hydrogen) atoms. The van der Waals surface area contributed by atoms with Crippen LogP contribution in [0.15, 0.2) is 81.4 Å². The second-order valence-corrected chi connectivity index (χ2v) is 13.5. The molecule has 214 valence electrons. The Kier molecular flexibility index (Phi) is 9.29. The van der Waals surface area contributed by atoms with Gasteiger partial charge in [0, 0.05) is 35.7 Å². The Bertz CT molecular complexity index is 1550. The van der Waals surface area contributed by atoms with E-state index in [0.717, 1.165) is 4.90 Å². The maximum Gasteiger partial charge on any atom is 0.262 e. The van der Waals surface area contributed by atoms with Gasteiger partial charge in [0.05, 0.1) is 29.7 Å². The van der Waals surface area contributed by atoms with E-state index in [-0.39, 0.29) is 40.4 Å². The van der Waals surface area contributed by atoms with Crippen LogP contribution in [0.4, 0.5) is 11.4 Å². The van der Waals surface area contributed by atoms with Crippen molar-refractivity contribution in [3.8, 4) is 11.5 Å². The number of benzene rings is 3. The highest BCUT2D eigenvalue weighted by Gasteiger charge is 2.32. The molecule has 1 aliphatic rings. The zero-order valence-electron chi connectivity index (χ0n) is 22.3. The number of hydrogen-bond acceptors (Lipinski definition) is 8. The zero-order chi connectivity index (χ0) is 28.9. The summed E-state index contributed by atoms with van der Waals surface area (Å²) in [6, 6.07) is 17.3. The number of thioether (sulfide) groups is 1. The summed E-state index contributed by atoms with van der Waals surface area (Å²) >= 11 is 1.54. The van der Waals surface area contributed by atoms with Gasteiger partial charge in [-0.2, -0.15) is 4.31 Å². The Morgan fingerprint density at radius 3 is 2.08 bits per heavy atom. The number of anilines is 2. The minimum absolute atomic E-state index is 0.00690. The van der Waals surface area contributed by atoms with E-state index in [1.165, 1.54) is 54.6 Å². The molecule has 0 unspecified atom stereocenters. The predicted octanol–water partition coefficient (Wildman–Crippen LogP) is 4.27. The molecular weight excluding hydrogens is 575 g/mol. The first kappa shape index (κ1) is 29.7. The monoisotopic (exact) mass is 605 g/mol. The Morgan fingerprint density at radius 1 is 0.875 bits per heavy atom. The molecular formula is C27H31N3O7S3. The first-order chi connectivity index (χ1) is 19.1. The van der Waals surface area contributed by atoms with Crippen LogP contribution in [0.2, 0.25) is 0 Å². The van der Waals surface area contributed by atoms with Gasteiger partial charge in [-0.25, -0.2) is 16.8 Å². The maximum absolute atomic E-state index is 13.0. The van der Waals surface area contributed by atoms with E-state index in [1.807, 2.05) is 6.26 Å². The van der Waals surface area contributed by atoms with Crippen LogP contribution in [0.25, 0.3) is 0 Å². The first-order valence-electron chi connectivity index (χ1n) is 12.4. The first-order valence-corrected chi connectivity index (χ1v) is 16.5. The lowest BCUT2D eigenvalue weighted by Gasteiger charge is -2.30. The molecule has 1 aliphatic heterocycles. The Labute approximate surface area is 239 Å². The van der Waals surface area contributed by atoms with Gasteiger partial charge in [-0.05, 0) is 79.8 Å². The van der Waals surface area contributed by atoms with E-state index < -0.39 is 20.0 Å². The number of hydrogen-bond donors (Lipinski definition) is 2. The van der Waals surface area contributed by atoms with Crippen molar-refractivity contribution >= 4 is 49.1 Å². The average molecular weight is 606 g/mol. The number of carbonyl (C=O) groups is 1. The van der Waals surface area contributed by atoms with Crippen molar-refractivity contribution in [1.29, 1.82) is 0 Å². The van der Waals surface area contributed by atoms with Crippen molar-refractivity contribution in [2.24, 2.45) is 5.92 Å². The molecule has 3 aromatic carbocycles. The normalized spacial score (nSPS) is 14.9. The lowest BCUT2D eigenvalue weighted by atomic mass is 9.97. The minimum Gasteiger partial charge on any atom is -0.497 e. The van der Waals surface area contributed by atoms with Gasteiger partial charge in [0.15, 0.2) is 0 Å². The van der Waals surface area contributed by atoms with Crippen molar-refractivity contribution in [3.05, 3.63) is 66.7 Å². The summed E-state index contributed by atoms with van der Waals surface area (Å²) in [7, 11) is -4.63.